The van der Waals surface area contributed by atoms with E-state index in [0.29, 0.717) is 17.4 Å². The number of nitrogens with zero attached hydrogens (tertiary/aromatic N) is 2. The third-order valence-electron chi connectivity index (χ3n) is 4.10. The van der Waals surface area contributed by atoms with Crippen LogP contribution in [-0.2, 0) is 6.42 Å². The van der Waals surface area contributed by atoms with Crippen LogP contribution < -0.4 is 5.73 Å². The molecule has 0 saturated heterocycles. The SMILES string of the molecule is Cl.N[C@H]1CCCc2nc(-c3cc(C4CC4)ncc3F)oc21. The van der Waals surface area contributed by atoms with Crippen LogP contribution in [-0.4, -0.2) is 9.97 Å². The van der Waals surface area contributed by atoms with Crippen molar-refractivity contribution in [3.8, 4) is 11.5 Å². The lowest BCUT2D eigenvalue weighted by molar-refractivity contribution is 0.428. The van der Waals surface area contributed by atoms with Crippen molar-refractivity contribution in [3.63, 3.8) is 0 Å². The number of halogens is 2. The molecule has 2 aliphatic rings. The number of oxazole rings is 1. The van der Waals surface area contributed by atoms with Crippen LogP contribution in [0.2, 0.25) is 0 Å². The fourth-order valence-electron chi connectivity index (χ4n) is 2.79. The second-order valence-electron chi connectivity index (χ2n) is 5.69. The summed E-state index contributed by atoms with van der Waals surface area (Å²) in [4.78, 5) is 8.59. The summed E-state index contributed by atoms with van der Waals surface area (Å²) in [5, 5.41) is 0. The van der Waals surface area contributed by atoms with Gasteiger partial charge in [0.2, 0.25) is 5.89 Å². The van der Waals surface area contributed by atoms with Crippen molar-refractivity contribution in [2.45, 2.75) is 44.1 Å². The lowest BCUT2D eigenvalue weighted by atomic mass is 9.98. The summed E-state index contributed by atoms with van der Waals surface area (Å²) in [6.45, 7) is 0. The highest BCUT2D eigenvalue weighted by atomic mass is 35.5. The van der Waals surface area contributed by atoms with Gasteiger partial charge in [0.05, 0.1) is 23.5 Å². The molecule has 2 aliphatic carbocycles. The van der Waals surface area contributed by atoms with Gasteiger partial charge in [0.25, 0.3) is 0 Å². The highest BCUT2D eigenvalue weighted by Crippen LogP contribution is 2.40. The zero-order chi connectivity index (χ0) is 13.7. The van der Waals surface area contributed by atoms with E-state index in [0.717, 1.165) is 49.3 Å². The Balaban J connectivity index is 0.00000132. The van der Waals surface area contributed by atoms with Gasteiger partial charge in [0.15, 0.2) is 5.82 Å². The smallest absolute Gasteiger partial charge is 0.229 e. The van der Waals surface area contributed by atoms with Gasteiger partial charge in [0, 0.05) is 11.6 Å². The van der Waals surface area contributed by atoms with Crippen molar-refractivity contribution in [2.75, 3.05) is 0 Å². The molecule has 0 spiro atoms. The molecule has 2 aromatic heterocycles. The van der Waals surface area contributed by atoms with Crippen LogP contribution in [0.15, 0.2) is 16.7 Å². The zero-order valence-corrected chi connectivity index (χ0v) is 12.3. The molecule has 1 saturated carbocycles. The van der Waals surface area contributed by atoms with Crippen LogP contribution in [0.1, 0.15) is 54.8 Å². The maximum Gasteiger partial charge on any atom is 0.229 e. The van der Waals surface area contributed by atoms with E-state index in [1.165, 1.54) is 6.20 Å². The number of pyridine rings is 1. The number of aryl methyl sites for hydroxylation is 1. The number of fused-ring (bicyclic) bond motifs is 1. The van der Waals surface area contributed by atoms with Crippen LogP contribution in [0.25, 0.3) is 11.5 Å². The number of hydrogen-bond acceptors (Lipinski definition) is 4. The molecular formula is C15H17ClFN3O. The van der Waals surface area contributed by atoms with E-state index >= 15 is 0 Å². The standard InChI is InChI=1S/C15H16FN3O.ClH/c16-10-7-18-13(8-4-5-8)6-9(10)15-19-12-3-1-2-11(17)14(12)20-15;/h6-8,11H,1-5,17H2;1H/t11-;/m0./s1. The van der Waals surface area contributed by atoms with Gasteiger partial charge >= 0.3 is 0 Å². The fraction of sp³-hybridized carbons (Fsp3) is 0.467. The third-order valence-corrected chi connectivity index (χ3v) is 4.10. The molecule has 0 bridgehead atoms. The predicted octanol–water partition coefficient (Wildman–Crippen LogP) is 3.51. The van der Waals surface area contributed by atoms with Gasteiger partial charge in [0.1, 0.15) is 5.76 Å². The highest BCUT2D eigenvalue weighted by molar-refractivity contribution is 5.85. The van der Waals surface area contributed by atoms with Gasteiger partial charge < -0.3 is 10.2 Å². The molecule has 0 unspecified atom stereocenters. The average molecular weight is 310 g/mol. The average Bonchev–Trinajstić information content (AvgIpc) is 3.19. The molecule has 0 amide bonds. The van der Waals surface area contributed by atoms with Crippen molar-refractivity contribution >= 4 is 12.4 Å². The summed E-state index contributed by atoms with van der Waals surface area (Å²) in [6.07, 6.45) is 6.29. The second-order valence-corrected chi connectivity index (χ2v) is 5.69. The lowest BCUT2D eigenvalue weighted by Crippen LogP contribution is -2.15. The van der Waals surface area contributed by atoms with Crippen molar-refractivity contribution in [1.82, 2.24) is 9.97 Å². The Morgan fingerprint density at radius 3 is 2.81 bits per heavy atom. The Morgan fingerprint density at radius 1 is 1.29 bits per heavy atom. The molecule has 6 heteroatoms. The first kappa shape index (κ1) is 14.5. The zero-order valence-electron chi connectivity index (χ0n) is 11.5. The largest absolute Gasteiger partial charge is 0.439 e. The Labute approximate surface area is 128 Å². The molecule has 2 aromatic rings. The van der Waals surface area contributed by atoms with Crippen LogP contribution in [0.4, 0.5) is 4.39 Å². The number of nitrogens with two attached hydrogens (primary N) is 1. The van der Waals surface area contributed by atoms with Crippen molar-refractivity contribution < 1.29 is 8.81 Å². The van der Waals surface area contributed by atoms with Crippen LogP contribution >= 0.6 is 12.4 Å². The minimum atomic E-state index is -0.387. The molecule has 0 aliphatic heterocycles. The Bertz CT molecular complexity index is 669. The normalized spacial score (nSPS) is 20.8. The first-order valence-electron chi connectivity index (χ1n) is 7.13. The number of rotatable bonds is 2. The maximum absolute atomic E-state index is 14.0. The van der Waals surface area contributed by atoms with Crippen LogP contribution in [0, 0.1) is 5.82 Å². The third kappa shape index (κ3) is 2.56. The van der Waals surface area contributed by atoms with Crippen molar-refractivity contribution in [3.05, 3.63) is 35.2 Å². The molecule has 1 atom stereocenters. The Morgan fingerprint density at radius 2 is 2.10 bits per heavy atom. The van der Waals surface area contributed by atoms with Gasteiger partial charge in [-0.1, -0.05) is 0 Å². The molecule has 0 aromatic carbocycles. The fourth-order valence-corrected chi connectivity index (χ4v) is 2.79. The van der Waals surface area contributed by atoms with E-state index in [2.05, 4.69) is 9.97 Å². The minimum Gasteiger partial charge on any atom is -0.439 e. The van der Waals surface area contributed by atoms with Gasteiger partial charge in [-0.25, -0.2) is 9.37 Å². The quantitative estimate of drug-likeness (QED) is 0.922. The van der Waals surface area contributed by atoms with Crippen LogP contribution in [0.3, 0.4) is 0 Å². The summed E-state index contributed by atoms with van der Waals surface area (Å²) in [5.74, 6) is 1.15. The van der Waals surface area contributed by atoms with Crippen molar-refractivity contribution in [1.29, 1.82) is 0 Å². The van der Waals surface area contributed by atoms with E-state index in [4.69, 9.17) is 10.2 Å². The van der Waals surface area contributed by atoms with Crippen LogP contribution in [0.5, 0.6) is 0 Å². The molecule has 4 nitrogen and oxygen atoms in total. The van der Waals surface area contributed by atoms with E-state index < -0.39 is 0 Å². The van der Waals surface area contributed by atoms with Crippen molar-refractivity contribution in [2.24, 2.45) is 5.73 Å². The molecule has 1 fully saturated rings. The van der Waals surface area contributed by atoms with Gasteiger partial charge in [-0.2, -0.15) is 0 Å². The first-order chi connectivity index (χ1) is 9.72. The van der Waals surface area contributed by atoms with Gasteiger partial charge in [-0.15, -0.1) is 12.4 Å². The highest BCUT2D eigenvalue weighted by Gasteiger charge is 2.28. The van der Waals surface area contributed by atoms with Gasteiger partial charge in [-0.05, 0) is 38.2 Å². The van der Waals surface area contributed by atoms with E-state index in [9.17, 15) is 4.39 Å². The lowest BCUT2D eigenvalue weighted by Gasteiger charge is -2.14. The van der Waals surface area contributed by atoms with E-state index in [1.54, 1.807) is 6.07 Å². The van der Waals surface area contributed by atoms with E-state index in [-0.39, 0.29) is 24.3 Å². The molecule has 112 valence electrons. The minimum absolute atomic E-state index is 0. The predicted molar refractivity (Wildman–Crippen MR) is 78.8 cm³/mol. The summed E-state index contributed by atoms with van der Waals surface area (Å²) in [5.41, 5.74) is 8.24. The maximum atomic E-state index is 14.0. The molecule has 2 heterocycles. The summed E-state index contributed by atoms with van der Waals surface area (Å²) >= 11 is 0. The second kappa shape index (κ2) is 5.39. The molecule has 0 radical (unpaired) electrons. The first-order valence-corrected chi connectivity index (χ1v) is 7.13. The summed E-state index contributed by atoms with van der Waals surface area (Å²) < 4.78 is 19.7. The molecule has 21 heavy (non-hydrogen) atoms. The summed E-state index contributed by atoms with van der Waals surface area (Å²) in [7, 11) is 0. The topological polar surface area (TPSA) is 64.9 Å². The molecule has 2 N–H and O–H groups in total. The molecular weight excluding hydrogens is 293 g/mol. The Hall–Kier alpha value is -1.46. The monoisotopic (exact) mass is 309 g/mol. The summed E-state index contributed by atoms with van der Waals surface area (Å²) in [6, 6.07) is 1.66. The Kier molecular flexibility index (Phi) is 3.71. The molecule has 4 rings (SSSR count). The van der Waals surface area contributed by atoms with E-state index in [1.807, 2.05) is 0 Å². The number of hydrogen-bond donors (Lipinski definition) is 1. The van der Waals surface area contributed by atoms with Gasteiger partial charge in [-0.3, -0.25) is 4.98 Å². The number of aromatic nitrogens is 2.